The smallest absolute Gasteiger partial charge is 0.141 e. The van der Waals surface area contributed by atoms with E-state index >= 15 is 0 Å². The Morgan fingerprint density at radius 1 is 0.926 bits per heavy atom. The number of hydrogen-bond acceptors (Lipinski definition) is 4. The first-order chi connectivity index (χ1) is 13.1. The van der Waals surface area contributed by atoms with Crippen molar-refractivity contribution in [3.05, 3.63) is 65.9 Å². The Morgan fingerprint density at radius 2 is 1.78 bits per heavy atom. The van der Waals surface area contributed by atoms with E-state index in [2.05, 4.69) is 51.5 Å². The van der Waals surface area contributed by atoms with Gasteiger partial charge in [0.2, 0.25) is 0 Å². The van der Waals surface area contributed by atoms with Crippen LogP contribution >= 0.6 is 0 Å². The lowest BCUT2D eigenvalue weighted by Crippen LogP contribution is -1.89. The van der Waals surface area contributed by atoms with Crippen molar-refractivity contribution >= 4 is 21.9 Å². The molecule has 5 heteroatoms. The van der Waals surface area contributed by atoms with Gasteiger partial charge in [0.25, 0.3) is 0 Å². The first-order valence-corrected chi connectivity index (χ1v) is 8.89. The number of aromatic nitrogens is 4. The molecule has 5 nitrogen and oxygen atoms in total. The summed E-state index contributed by atoms with van der Waals surface area (Å²) < 4.78 is 5.39. The van der Waals surface area contributed by atoms with E-state index in [0.717, 1.165) is 61.5 Å². The van der Waals surface area contributed by atoms with Crippen LogP contribution in [0, 0.1) is 20.8 Å². The van der Waals surface area contributed by atoms with Gasteiger partial charge in [0.15, 0.2) is 0 Å². The highest BCUT2D eigenvalue weighted by atomic mass is 16.5. The monoisotopic (exact) mass is 354 g/mol. The number of nitrogens with one attached hydrogen (secondary N) is 1. The molecule has 0 fully saturated rings. The van der Waals surface area contributed by atoms with Gasteiger partial charge in [0.1, 0.15) is 11.6 Å². The predicted octanol–water partition coefficient (Wildman–Crippen LogP) is 5.36. The minimum Gasteiger partial charge on any atom is -0.361 e. The lowest BCUT2D eigenvalue weighted by Gasteiger charge is -2.10. The number of imidazole rings is 1. The molecule has 1 N–H and O–H groups in total. The fourth-order valence-corrected chi connectivity index (χ4v) is 3.81. The van der Waals surface area contributed by atoms with Crippen molar-refractivity contribution in [1.82, 2.24) is 20.1 Å². The summed E-state index contributed by atoms with van der Waals surface area (Å²) in [6.07, 6.45) is 1.83. The van der Waals surface area contributed by atoms with Gasteiger partial charge in [-0.25, -0.2) is 4.98 Å². The molecule has 0 bridgehead atoms. The summed E-state index contributed by atoms with van der Waals surface area (Å²) in [4.78, 5) is 12.7. The van der Waals surface area contributed by atoms with Crippen molar-refractivity contribution in [2.45, 2.75) is 20.8 Å². The van der Waals surface area contributed by atoms with Crippen molar-refractivity contribution in [3.8, 4) is 22.3 Å². The standard InChI is InChI=1S/C22H18N4O/c1-12-20(13(2)27-26-12)16-10-18(22-19(11-16)24-14(3)25-22)17-8-4-6-15-7-5-9-23-21(15)17/h4-11H,1-3H3,(H,24,25). The number of aryl methyl sites for hydroxylation is 3. The maximum absolute atomic E-state index is 5.39. The van der Waals surface area contributed by atoms with Crippen LogP contribution in [0.3, 0.4) is 0 Å². The Labute approximate surface area is 156 Å². The molecular formula is C22H18N4O. The normalized spacial score (nSPS) is 11.5. The summed E-state index contributed by atoms with van der Waals surface area (Å²) in [7, 11) is 0. The highest BCUT2D eigenvalue weighted by Gasteiger charge is 2.18. The number of fused-ring (bicyclic) bond motifs is 2. The van der Waals surface area contributed by atoms with Crippen LogP contribution in [-0.4, -0.2) is 20.1 Å². The highest BCUT2D eigenvalue weighted by molar-refractivity contribution is 6.03. The number of benzene rings is 2. The first kappa shape index (κ1) is 15.8. The van der Waals surface area contributed by atoms with E-state index in [9.17, 15) is 0 Å². The van der Waals surface area contributed by atoms with E-state index < -0.39 is 0 Å². The van der Waals surface area contributed by atoms with Crippen molar-refractivity contribution in [2.75, 3.05) is 0 Å². The number of hydrogen-bond donors (Lipinski definition) is 1. The van der Waals surface area contributed by atoms with Crippen LogP contribution in [0.4, 0.5) is 0 Å². The molecule has 2 aromatic carbocycles. The third kappa shape index (κ3) is 2.43. The van der Waals surface area contributed by atoms with Crippen LogP contribution in [0.25, 0.3) is 44.2 Å². The second-order valence-corrected chi connectivity index (χ2v) is 6.82. The minimum absolute atomic E-state index is 0.810. The van der Waals surface area contributed by atoms with E-state index in [-0.39, 0.29) is 0 Å². The Morgan fingerprint density at radius 3 is 2.59 bits per heavy atom. The molecule has 27 heavy (non-hydrogen) atoms. The molecule has 5 rings (SSSR count). The van der Waals surface area contributed by atoms with Crippen LogP contribution in [0.2, 0.25) is 0 Å². The van der Waals surface area contributed by atoms with Crippen molar-refractivity contribution < 1.29 is 4.52 Å². The highest BCUT2D eigenvalue weighted by Crippen LogP contribution is 2.37. The molecule has 3 aromatic heterocycles. The van der Waals surface area contributed by atoms with Crippen LogP contribution in [0.15, 0.2) is 53.2 Å². The summed E-state index contributed by atoms with van der Waals surface area (Å²) in [5.74, 6) is 1.69. The minimum atomic E-state index is 0.810. The molecule has 0 aliphatic carbocycles. The molecule has 0 radical (unpaired) electrons. The van der Waals surface area contributed by atoms with Crippen molar-refractivity contribution in [3.63, 3.8) is 0 Å². The van der Waals surface area contributed by atoms with Gasteiger partial charge >= 0.3 is 0 Å². The fourth-order valence-electron chi connectivity index (χ4n) is 3.81. The SMILES string of the molecule is Cc1nc2c(-c3cccc4cccnc34)cc(-c3c(C)noc3C)cc2[nH]1. The zero-order valence-corrected chi connectivity index (χ0v) is 15.4. The topological polar surface area (TPSA) is 67.6 Å². The lowest BCUT2D eigenvalue weighted by atomic mass is 9.95. The van der Waals surface area contributed by atoms with Gasteiger partial charge in [-0.1, -0.05) is 29.4 Å². The Bertz CT molecular complexity index is 1290. The quantitative estimate of drug-likeness (QED) is 0.463. The Balaban J connectivity index is 1.88. The van der Waals surface area contributed by atoms with Gasteiger partial charge in [0.05, 0.1) is 22.2 Å². The molecule has 0 saturated carbocycles. The molecule has 0 saturated heterocycles. The summed E-state index contributed by atoms with van der Waals surface area (Å²) in [6.45, 7) is 5.88. The number of H-pyrrole nitrogens is 1. The Kier molecular flexibility index (Phi) is 3.37. The molecule has 0 atom stereocenters. The zero-order chi connectivity index (χ0) is 18.5. The second kappa shape index (κ2) is 5.77. The van der Waals surface area contributed by atoms with E-state index in [4.69, 9.17) is 9.51 Å². The molecule has 5 aromatic rings. The summed E-state index contributed by atoms with van der Waals surface area (Å²) in [6, 6.07) is 14.6. The summed E-state index contributed by atoms with van der Waals surface area (Å²) in [5.41, 5.74) is 8.00. The molecular weight excluding hydrogens is 336 g/mol. The maximum atomic E-state index is 5.39. The zero-order valence-electron chi connectivity index (χ0n) is 15.4. The Hall–Kier alpha value is -3.47. The molecule has 0 aliphatic rings. The van der Waals surface area contributed by atoms with E-state index in [1.807, 2.05) is 33.0 Å². The number of pyridine rings is 1. The van der Waals surface area contributed by atoms with Gasteiger partial charge in [-0.15, -0.1) is 0 Å². The third-order valence-electron chi connectivity index (χ3n) is 4.95. The number of rotatable bonds is 2. The van der Waals surface area contributed by atoms with Crippen LogP contribution in [0.1, 0.15) is 17.3 Å². The number of aromatic amines is 1. The third-order valence-corrected chi connectivity index (χ3v) is 4.95. The largest absolute Gasteiger partial charge is 0.361 e. The second-order valence-electron chi connectivity index (χ2n) is 6.82. The molecule has 132 valence electrons. The molecule has 0 amide bonds. The van der Waals surface area contributed by atoms with Crippen LogP contribution in [0.5, 0.6) is 0 Å². The first-order valence-electron chi connectivity index (χ1n) is 8.89. The molecule has 0 aliphatic heterocycles. The fraction of sp³-hybridized carbons (Fsp3) is 0.136. The van der Waals surface area contributed by atoms with Gasteiger partial charge in [-0.05, 0) is 44.5 Å². The van der Waals surface area contributed by atoms with Gasteiger partial charge in [-0.2, -0.15) is 0 Å². The summed E-state index contributed by atoms with van der Waals surface area (Å²) >= 11 is 0. The van der Waals surface area contributed by atoms with E-state index in [1.165, 1.54) is 0 Å². The van der Waals surface area contributed by atoms with Gasteiger partial charge in [0, 0.05) is 28.3 Å². The number of para-hydroxylation sites is 1. The van der Waals surface area contributed by atoms with Crippen LogP contribution < -0.4 is 0 Å². The maximum Gasteiger partial charge on any atom is 0.141 e. The molecule has 0 unspecified atom stereocenters. The molecule has 3 heterocycles. The van der Waals surface area contributed by atoms with Crippen LogP contribution in [-0.2, 0) is 0 Å². The lowest BCUT2D eigenvalue weighted by molar-refractivity contribution is 0.393. The average Bonchev–Trinajstić information content (AvgIpc) is 3.21. The van der Waals surface area contributed by atoms with Gasteiger partial charge < -0.3 is 9.51 Å². The van der Waals surface area contributed by atoms with Gasteiger partial charge in [-0.3, -0.25) is 4.98 Å². The van der Waals surface area contributed by atoms with E-state index in [1.54, 1.807) is 0 Å². The average molecular weight is 354 g/mol. The van der Waals surface area contributed by atoms with Crippen molar-refractivity contribution in [2.24, 2.45) is 0 Å². The summed E-state index contributed by atoms with van der Waals surface area (Å²) in [5, 5.41) is 5.23. The predicted molar refractivity (Wildman–Crippen MR) is 107 cm³/mol. The van der Waals surface area contributed by atoms with Crippen molar-refractivity contribution in [1.29, 1.82) is 0 Å². The number of nitrogens with zero attached hydrogens (tertiary/aromatic N) is 3. The van der Waals surface area contributed by atoms with E-state index in [0.29, 0.717) is 0 Å². The molecule has 0 spiro atoms.